The Hall–Kier alpha value is -1.85. The lowest BCUT2D eigenvalue weighted by Gasteiger charge is -2.11. The fourth-order valence-corrected chi connectivity index (χ4v) is 1.32. The molecule has 1 N–H and O–H groups in total. The molecule has 6 nitrogen and oxygen atoms in total. The van der Waals surface area contributed by atoms with Gasteiger partial charge >= 0.3 is 6.01 Å². The highest BCUT2D eigenvalue weighted by atomic mass is 16.5. The highest BCUT2D eigenvalue weighted by molar-refractivity contribution is 5.19. The number of anilines is 1. The van der Waals surface area contributed by atoms with Gasteiger partial charge in [-0.2, -0.15) is 4.98 Å². The monoisotopic (exact) mass is 207 g/mol. The molecule has 0 amide bonds. The Morgan fingerprint density at radius 1 is 1.60 bits per heavy atom. The second kappa shape index (κ2) is 4.12. The van der Waals surface area contributed by atoms with Crippen molar-refractivity contribution < 1.29 is 4.52 Å². The molecule has 0 aliphatic heterocycles. The Kier molecular flexibility index (Phi) is 2.66. The minimum absolute atomic E-state index is 0.207. The molecule has 0 spiro atoms. The predicted octanol–water partition coefficient (Wildman–Crippen LogP) is 1.08. The van der Waals surface area contributed by atoms with Gasteiger partial charge in [-0.05, 0) is 13.8 Å². The fourth-order valence-electron chi connectivity index (χ4n) is 1.32. The van der Waals surface area contributed by atoms with Crippen LogP contribution in [-0.2, 0) is 6.54 Å². The van der Waals surface area contributed by atoms with E-state index >= 15 is 0 Å². The highest BCUT2D eigenvalue weighted by Crippen LogP contribution is 2.05. The largest absolute Gasteiger partial charge is 0.335 e. The lowest BCUT2D eigenvalue weighted by molar-refractivity contribution is 0.419. The lowest BCUT2D eigenvalue weighted by atomic mass is 10.3. The maximum atomic E-state index is 4.96. The van der Waals surface area contributed by atoms with Gasteiger partial charge in [0.25, 0.3) is 0 Å². The van der Waals surface area contributed by atoms with Crippen molar-refractivity contribution >= 4 is 6.01 Å². The summed E-state index contributed by atoms with van der Waals surface area (Å²) in [7, 11) is 0. The van der Waals surface area contributed by atoms with Gasteiger partial charge in [0.15, 0.2) is 5.82 Å². The standard InChI is InChI=1S/C9H13N5O/c1-7(5-14-4-3-10-6-14)11-9-12-8(2)13-15-9/h3-4,6-7H,5H2,1-2H3,(H,11,12,13). The number of aromatic nitrogens is 4. The molecule has 2 aromatic rings. The molecule has 0 bridgehead atoms. The summed E-state index contributed by atoms with van der Waals surface area (Å²) in [4.78, 5) is 8.04. The molecule has 1 atom stereocenters. The molecule has 2 rings (SSSR count). The topological polar surface area (TPSA) is 68.8 Å². The van der Waals surface area contributed by atoms with E-state index in [4.69, 9.17) is 4.52 Å². The van der Waals surface area contributed by atoms with Crippen molar-refractivity contribution in [3.05, 3.63) is 24.5 Å². The van der Waals surface area contributed by atoms with Crippen molar-refractivity contribution in [2.45, 2.75) is 26.4 Å². The first-order valence-electron chi connectivity index (χ1n) is 4.76. The zero-order valence-electron chi connectivity index (χ0n) is 8.71. The van der Waals surface area contributed by atoms with Crippen LogP contribution < -0.4 is 5.32 Å². The van der Waals surface area contributed by atoms with Crippen molar-refractivity contribution in [2.24, 2.45) is 0 Å². The third kappa shape index (κ3) is 2.55. The summed E-state index contributed by atoms with van der Waals surface area (Å²) in [6.07, 6.45) is 5.44. The second-order valence-electron chi connectivity index (χ2n) is 3.45. The summed E-state index contributed by atoms with van der Waals surface area (Å²) >= 11 is 0. The molecule has 6 heteroatoms. The van der Waals surface area contributed by atoms with E-state index in [0.717, 1.165) is 6.54 Å². The smallest absolute Gasteiger partial charge is 0.321 e. The van der Waals surface area contributed by atoms with Crippen molar-refractivity contribution in [2.75, 3.05) is 5.32 Å². The molecule has 0 saturated carbocycles. The van der Waals surface area contributed by atoms with E-state index < -0.39 is 0 Å². The first-order chi connectivity index (χ1) is 7.24. The van der Waals surface area contributed by atoms with Crippen LogP contribution in [0.3, 0.4) is 0 Å². The summed E-state index contributed by atoms with van der Waals surface area (Å²) in [5.41, 5.74) is 0. The van der Waals surface area contributed by atoms with Crippen molar-refractivity contribution in [3.8, 4) is 0 Å². The third-order valence-corrected chi connectivity index (χ3v) is 1.94. The molecule has 0 saturated heterocycles. The molecule has 2 aromatic heterocycles. The van der Waals surface area contributed by atoms with E-state index in [0.29, 0.717) is 11.8 Å². The van der Waals surface area contributed by atoms with Crippen LogP contribution in [0.1, 0.15) is 12.7 Å². The molecule has 0 aromatic carbocycles. The van der Waals surface area contributed by atoms with Gasteiger partial charge in [-0.15, -0.1) is 0 Å². The molecular formula is C9H13N5O. The van der Waals surface area contributed by atoms with Crippen molar-refractivity contribution in [3.63, 3.8) is 0 Å². The van der Waals surface area contributed by atoms with Gasteiger partial charge < -0.3 is 14.4 Å². The SMILES string of the molecule is Cc1noc(NC(C)Cn2ccnc2)n1. The quantitative estimate of drug-likeness (QED) is 0.812. The molecule has 2 heterocycles. The van der Waals surface area contributed by atoms with Crippen molar-refractivity contribution in [1.82, 2.24) is 19.7 Å². The van der Waals surface area contributed by atoms with Crippen LogP contribution in [0.25, 0.3) is 0 Å². The minimum atomic E-state index is 0.207. The third-order valence-electron chi connectivity index (χ3n) is 1.94. The van der Waals surface area contributed by atoms with Gasteiger partial charge in [0.2, 0.25) is 0 Å². The van der Waals surface area contributed by atoms with Gasteiger partial charge in [-0.3, -0.25) is 0 Å². The highest BCUT2D eigenvalue weighted by Gasteiger charge is 2.07. The first-order valence-corrected chi connectivity index (χ1v) is 4.76. The van der Waals surface area contributed by atoms with Gasteiger partial charge in [0.05, 0.1) is 6.33 Å². The van der Waals surface area contributed by atoms with Crippen molar-refractivity contribution in [1.29, 1.82) is 0 Å². The fraction of sp³-hybridized carbons (Fsp3) is 0.444. The minimum Gasteiger partial charge on any atom is -0.335 e. The summed E-state index contributed by atoms with van der Waals surface area (Å²) < 4.78 is 6.94. The molecule has 0 aliphatic carbocycles. The number of hydrogen-bond acceptors (Lipinski definition) is 5. The van der Waals surface area contributed by atoms with Crippen LogP contribution in [0, 0.1) is 6.92 Å². The Balaban J connectivity index is 1.90. The molecule has 1 unspecified atom stereocenters. The Labute approximate surface area is 87.3 Å². The number of imidazole rings is 1. The number of hydrogen-bond donors (Lipinski definition) is 1. The maximum Gasteiger partial charge on any atom is 0.321 e. The number of nitrogens with zero attached hydrogens (tertiary/aromatic N) is 4. The second-order valence-corrected chi connectivity index (χ2v) is 3.45. The van der Waals surface area contributed by atoms with E-state index in [-0.39, 0.29) is 6.04 Å². The van der Waals surface area contributed by atoms with Crippen LogP contribution in [0.4, 0.5) is 6.01 Å². The van der Waals surface area contributed by atoms with E-state index in [2.05, 4.69) is 20.4 Å². The zero-order valence-corrected chi connectivity index (χ0v) is 8.71. The van der Waals surface area contributed by atoms with Gasteiger partial charge in [0, 0.05) is 25.0 Å². The molecule has 0 radical (unpaired) electrons. The summed E-state index contributed by atoms with van der Waals surface area (Å²) in [6.45, 7) is 4.64. The first kappa shape index (κ1) is 9.70. The van der Waals surface area contributed by atoms with Gasteiger partial charge in [-0.25, -0.2) is 4.98 Å². The summed E-state index contributed by atoms with van der Waals surface area (Å²) in [5.74, 6) is 0.632. The van der Waals surface area contributed by atoms with E-state index in [1.54, 1.807) is 19.4 Å². The average Bonchev–Trinajstić information content (AvgIpc) is 2.77. The van der Waals surface area contributed by atoms with Crippen LogP contribution >= 0.6 is 0 Å². The van der Waals surface area contributed by atoms with Crippen LogP contribution in [0.5, 0.6) is 0 Å². The molecular weight excluding hydrogens is 194 g/mol. The number of aryl methyl sites for hydroxylation is 1. The zero-order chi connectivity index (χ0) is 10.7. The van der Waals surface area contributed by atoms with E-state index in [9.17, 15) is 0 Å². The average molecular weight is 207 g/mol. The number of rotatable bonds is 4. The van der Waals surface area contributed by atoms with E-state index in [1.807, 2.05) is 17.7 Å². The lowest BCUT2D eigenvalue weighted by Crippen LogP contribution is -2.21. The normalized spacial score (nSPS) is 12.7. The summed E-state index contributed by atoms with van der Waals surface area (Å²) in [6, 6.07) is 0.666. The number of nitrogens with one attached hydrogen (secondary N) is 1. The molecule has 0 aliphatic rings. The van der Waals surface area contributed by atoms with Gasteiger partial charge in [-0.1, -0.05) is 5.16 Å². The Bertz CT molecular complexity index is 408. The predicted molar refractivity (Wildman–Crippen MR) is 54.3 cm³/mol. The molecule has 15 heavy (non-hydrogen) atoms. The molecule has 80 valence electrons. The van der Waals surface area contributed by atoms with Gasteiger partial charge in [0.1, 0.15) is 0 Å². The van der Waals surface area contributed by atoms with E-state index in [1.165, 1.54) is 0 Å². The van der Waals surface area contributed by atoms with Crippen LogP contribution in [-0.4, -0.2) is 25.7 Å². The summed E-state index contributed by atoms with van der Waals surface area (Å²) in [5, 5.41) is 6.81. The Morgan fingerprint density at radius 2 is 2.47 bits per heavy atom. The Morgan fingerprint density at radius 3 is 3.07 bits per heavy atom. The maximum absolute atomic E-state index is 4.96. The van der Waals surface area contributed by atoms with Crippen LogP contribution in [0.15, 0.2) is 23.2 Å². The van der Waals surface area contributed by atoms with Crippen LogP contribution in [0.2, 0.25) is 0 Å². The molecule has 0 fully saturated rings.